The highest BCUT2D eigenvalue weighted by molar-refractivity contribution is 6.29. The Labute approximate surface area is 160 Å². The first-order valence-corrected chi connectivity index (χ1v) is 8.05. The lowest BCUT2D eigenvalue weighted by molar-refractivity contribution is 0.782. The molecule has 132 valence electrons. The summed E-state index contributed by atoms with van der Waals surface area (Å²) in [5, 5.41) is 13.4. The van der Waals surface area contributed by atoms with Gasteiger partial charge in [-0.2, -0.15) is 10.4 Å². The van der Waals surface area contributed by atoms with Crippen molar-refractivity contribution in [3.05, 3.63) is 64.7 Å². The molecule has 3 rings (SSSR count). The lowest BCUT2D eigenvalue weighted by Gasteiger charge is -1.98. The van der Waals surface area contributed by atoms with Crippen LogP contribution in [-0.4, -0.2) is 19.7 Å². The van der Waals surface area contributed by atoms with Crippen LogP contribution in [0.25, 0.3) is 17.0 Å². The van der Waals surface area contributed by atoms with Gasteiger partial charge in [-0.15, -0.1) is 0 Å². The van der Waals surface area contributed by atoms with E-state index in [1.54, 1.807) is 42.2 Å². The molecule has 0 amide bonds. The molecule has 3 heterocycles. The first kappa shape index (κ1) is 19.2. The summed E-state index contributed by atoms with van der Waals surface area (Å²) >= 11 is 11.4. The molecule has 0 spiro atoms. The molecule has 3 aromatic heterocycles. The summed E-state index contributed by atoms with van der Waals surface area (Å²) in [6.45, 7) is 0. The number of aromatic nitrogens is 4. The number of allylic oxidation sites excluding steroid dienone is 1. The number of hydrogen-bond donors (Lipinski definition) is 2. The molecule has 0 fully saturated rings. The topological polar surface area (TPSA) is 119 Å². The Morgan fingerprint density at radius 1 is 1.15 bits per heavy atom. The second-order valence-electron chi connectivity index (χ2n) is 5.04. The van der Waals surface area contributed by atoms with Crippen molar-refractivity contribution in [1.29, 1.82) is 5.26 Å². The maximum atomic E-state index is 8.31. The standard InChI is InChI=1S/C9H9ClN4.C8H6ClN3/c1-14-9(11)5-7(13-14)6-2-3-12-8(10)4-6;9-8-5-6(2-4-12-8)7(11)1-3-10/h2-5H,11H2,1H3;1-2,4-5H,11H2/b;7-1-. The fourth-order valence-corrected chi connectivity index (χ4v) is 2.27. The Morgan fingerprint density at radius 2 is 1.81 bits per heavy atom. The molecule has 0 aromatic carbocycles. The van der Waals surface area contributed by atoms with Crippen LogP contribution >= 0.6 is 23.2 Å². The van der Waals surface area contributed by atoms with Gasteiger partial charge in [0, 0.05) is 48.4 Å². The predicted molar refractivity (Wildman–Crippen MR) is 103 cm³/mol. The van der Waals surface area contributed by atoms with Gasteiger partial charge in [0.2, 0.25) is 0 Å². The molecule has 0 aliphatic heterocycles. The highest BCUT2D eigenvalue weighted by Crippen LogP contribution is 2.21. The van der Waals surface area contributed by atoms with Crippen LogP contribution in [0.15, 0.2) is 48.8 Å². The molecule has 0 aliphatic carbocycles. The van der Waals surface area contributed by atoms with E-state index in [1.807, 2.05) is 12.1 Å². The van der Waals surface area contributed by atoms with E-state index in [1.165, 1.54) is 12.3 Å². The van der Waals surface area contributed by atoms with Gasteiger partial charge in [0.1, 0.15) is 16.1 Å². The number of nitriles is 1. The van der Waals surface area contributed by atoms with E-state index in [2.05, 4.69) is 15.1 Å². The van der Waals surface area contributed by atoms with Crippen LogP contribution in [0, 0.1) is 11.3 Å². The molecule has 0 aliphatic rings. The monoisotopic (exact) mass is 387 g/mol. The Kier molecular flexibility index (Phi) is 6.55. The second-order valence-corrected chi connectivity index (χ2v) is 5.82. The second kappa shape index (κ2) is 8.85. The molecular weight excluding hydrogens is 373 g/mol. The number of halogens is 2. The average Bonchev–Trinajstić information content (AvgIpc) is 2.95. The normalized spacial score (nSPS) is 10.6. The number of rotatable bonds is 2. The van der Waals surface area contributed by atoms with Crippen molar-refractivity contribution in [1.82, 2.24) is 19.7 Å². The zero-order valence-corrected chi connectivity index (χ0v) is 15.3. The third-order valence-electron chi connectivity index (χ3n) is 3.22. The molecule has 0 bridgehead atoms. The fraction of sp³-hybridized carbons (Fsp3) is 0.0588. The van der Waals surface area contributed by atoms with E-state index >= 15 is 0 Å². The van der Waals surface area contributed by atoms with Gasteiger partial charge in [0.05, 0.1) is 11.8 Å². The fourth-order valence-electron chi connectivity index (χ4n) is 1.92. The molecule has 0 saturated heterocycles. The maximum absolute atomic E-state index is 8.31. The summed E-state index contributed by atoms with van der Waals surface area (Å²) in [5.41, 5.74) is 14.0. The molecule has 4 N–H and O–H groups in total. The van der Waals surface area contributed by atoms with Crippen LogP contribution in [0.4, 0.5) is 5.82 Å². The van der Waals surface area contributed by atoms with Crippen molar-refractivity contribution >= 4 is 34.7 Å². The SMILES string of the molecule is Cn1nc(-c2ccnc(Cl)c2)cc1N.N#C/C=C(\N)c1ccnc(Cl)c1. The number of pyridine rings is 2. The summed E-state index contributed by atoms with van der Waals surface area (Å²) in [6, 6.07) is 10.5. The zero-order valence-electron chi connectivity index (χ0n) is 13.8. The third-order valence-corrected chi connectivity index (χ3v) is 3.63. The van der Waals surface area contributed by atoms with Crippen LogP contribution in [0.1, 0.15) is 5.56 Å². The zero-order chi connectivity index (χ0) is 19.1. The number of aryl methyl sites for hydroxylation is 1. The maximum Gasteiger partial charge on any atom is 0.129 e. The number of hydrogen-bond acceptors (Lipinski definition) is 6. The van der Waals surface area contributed by atoms with Crippen molar-refractivity contribution in [2.75, 3.05) is 5.73 Å². The van der Waals surface area contributed by atoms with E-state index in [0.717, 1.165) is 11.3 Å². The molecule has 9 heteroatoms. The Hall–Kier alpha value is -3.08. The molecule has 26 heavy (non-hydrogen) atoms. The number of nitrogens with two attached hydrogens (primary N) is 2. The molecule has 0 saturated carbocycles. The van der Waals surface area contributed by atoms with Crippen molar-refractivity contribution in [3.8, 4) is 17.3 Å². The highest BCUT2D eigenvalue weighted by atomic mass is 35.5. The minimum absolute atomic E-state index is 0.363. The first-order valence-electron chi connectivity index (χ1n) is 7.29. The van der Waals surface area contributed by atoms with Crippen LogP contribution in [-0.2, 0) is 7.05 Å². The summed E-state index contributed by atoms with van der Waals surface area (Å²) < 4.78 is 1.61. The first-order chi connectivity index (χ1) is 12.4. The van der Waals surface area contributed by atoms with Crippen LogP contribution in [0.3, 0.4) is 0 Å². The van der Waals surface area contributed by atoms with Gasteiger partial charge in [-0.05, 0) is 24.3 Å². The lowest BCUT2D eigenvalue weighted by atomic mass is 10.2. The molecule has 0 radical (unpaired) electrons. The summed E-state index contributed by atoms with van der Waals surface area (Å²) in [7, 11) is 1.79. The Morgan fingerprint density at radius 3 is 2.35 bits per heavy atom. The smallest absolute Gasteiger partial charge is 0.129 e. The van der Waals surface area contributed by atoms with Gasteiger partial charge in [-0.25, -0.2) is 9.97 Å². The van der Waals surface area contributed by atoms with Gasteiger partial charge < -0.3 is 11.5 Å². The average molecular weight is 388 g/mol. The van der Waals surface area contributed by atoms with Gasteiger partial charge in [-0.1, -0.05) is 23.2 Å². The van der Waals surface area contributed by atoms with Gasteiger partial charge >= 0.3 is 0 Å². The third kappa shape index (κ3) is 5.21. The lowest BCUT2D eigenvalue weighted by Crippen LogP contribution is -1.96. The van der Waals surface area contributed by atoms with E-state index in [9.17, 15) is 0 Å². The predicted octanol–water partition coefficient (Wildman–Crippen LogP) is 3.28. The Balaban J connectivity index is 0.000000190. The summed E-state index contributed by atoms with van der Waals surface area (Å²) in [6.07, 6.45) is 4.43. The van der Waals surface area contributed by atoms with E-state index in [0.29, 0.717) is 27.4 Å². The quantitative estimate of drug-likeness (QED) is 0.514. The van der Waals surface area contributed by atoms with Crippen molar-refractivity contribution in [3.63, 3.8) is 0 Å². The molecule has 0 unspecified atom stereocenters. The van der Waals surface area contributed by atoms with Crippen molar-refractivity contribution < 1.29 is 0 Å². The Bertz CT molecular complexity index is 954. The summed E-state index contributed by atoms with van der Waals surface area (Å²) in [5.74, 6) is 0.618. The van der Waals surface area contributed by atoms with Gasteiger partial charge in [0.15, 0.2) is 0 Å². The van der Waals surface area contributed by atoms with Crippen molar-refractivity contribution in [2.24, 2.45) is 12.8 Å². The number of nitrogen functional groups attached to an aromatic ring is 1. The van der Waals surface area contributed by atoms with E-state index in [4.69, 9.17) is 39.9 Å². The van der Waals surface area contributed by atoms with Gasteiger partial charge in [0.25, 0.3) is 0 Å². The van der Waals surface area contributed by atoms with Crippen LogP contribution < -0.4 is 11.5 Å². The number of anilines is 1. The van der Waals surface area contributed by atoms with E-state index < -0.39 is 0 Å². The molecule has 3 aromatic rings. The summed E-state index contributed by atoms with van der Waals surface area (Å²) in [4.78, 5) is 7.68. The largest absolute Gasteiger partial charge is 0.398 e. The highest BCUT2D eigenvalue weighted by Gasteiger charge is 2.04. The minimum Gasteiger partial charge on any atom is -0.398 e. The van der Waals surface area contributed by atoms with Crippen LogP contribution in [0.5, 0.6) is 0 Å². The number of nitrogens with zero attached hydrogens (tertiary/aromatic N) is 5. The molecular formula is C17H15Cl2N7. The van der Waals surface area contributed by atoms with Crippen molar-refractivity contribution in [2.45, 2.75) is 0 Å². The molecule has 7 nitrogen and oxygen atoms in total. The van der Waals surface area contributed by atoms with E-state index in [-0.39, 0.29) is 0 Å². The minimum atomic E-state index is 0.363. The molecule has 0 atom stereocenters. The van der Waals surface area contributed by atoms with Crippen LogP contribution in [0.2, 0.25) is 10.3 Å². The van der Waals surface area contributed by atoms with Gasteiger partial charge in [-0.3, -0.25) is 4.68 Å².